The van der Waals surface area contributed by atoms with Gasteiger partial charge in [-0.1, -0.05) is 23.8 Å². The maximum absolute atomic E-state index is 11.1. The van der Waals surface area contributed by atoms with E-state index in [9.17, 15) is 8.42 Å². The van der Waals surface area contributed by atoms with Gasteiger partial charge in [0.15, 0.2) is 0 Å². The summed E-state index contributed by atoms with van der Waals surface area (Å²) in [6, 6.07) is 8.80. The highest BCUT2D eigenvalue weighted by Gasteiger charge is 2.11. The third-order valence-corrected chi connectivity index (χ3v) is 3.42. The van der Waals surface area contributed by atoms with Gasteiger partial charge in [-0.2, -0.15) is 8.42 Å². The highest BCUT2D eigenvalue weighted by molar-refractivity contribution is 7.85. The molecule has 3 nitrogen and oxygen atoms in total. The molecule has 0 aliphatic rings. The largest absolute Gasteiger partial charge is 0.294 e. The molecule has 0 amide bonds. The van der Waals surface area contributed by atoms with Crippen molar-refractivity contribution < 1.29 is 13.0 Å². The molecule has 0 aliphatic carbocycles. The van der Waals surface area contributed by atoms with E-state index in [0.717, 1.165) is 21.9 Å². The molecule has 2 aromatic carbocycles. The first kappa shape index (κ1) is 11.1. The SMILES string of the molecule is Cc1ccc2c(C)cc(S(=O)(=O)O)cc2c1. The van der Waals surface area contributed by atoms with Gasteiger partial charge in [0, 0.05) is 0 Å². The molecule has 0 aromatic heterocycles. The van der Waals surface area contributed by atoms with Crippen molar-refractivity contribution in [2.75, 3.05) is 0 Å². The Morgan fingerprint density at radius 1 is 1.06 bits per heavy atom. The first-order chi connectivity index (χ1) is 7.38. The van der Waals surface area contributed by atoms with Gasteiger partial charge >= 0.3 is 0 Å². The lowest BCUT2D eigenvalue weighted by atomic mass is 10.0. The number of hydrogen-bond donors (Lipinski definition) is 1. The van der Waals surface area contributed by atoms with Crippen LogP contribution in [0.5, 0.6) is 0 Å². The number of fused-ring (bicyclic) bond motifs is 1. The van der Waals surface area contributed by atoms with E-state index in [1.165, 1.54) is 12.1 Å². The zero-order valence-electron chi connectivity index (χ0n) is 9.06. The Morgan fingerprint density at radius 3 is 2.38 bits per heavy atom. The Balaban J connectivity index is 2.85. The van der Waals surface area contributed by atoms with Crippen LogP contribution in [0.4, 0.5) is 0 Å². The minimum absolute atomic E-state index is 0.0527. The summed E-state index contributed by atoms with van der Waals surface area (Å²) in [4.78, 5) is -0.0527. The first-order valence-electron chi connectivity index (χ1n) is 4.86. The third kappa shape index (κ3) is 1.94. The zero-order chi connectivity index (χ0) is 11.9. The van der Waals surface area contributed by atoms with E-state index in [2.05, 4.69) is 0 Å². The van der Waals surface area contributed by atoms with Gasteiger partial charge in [-0.05, 0) is 42.3 Å². The summed E-state index contributed by atoms with van der Waals surface area (Å²) in [7, 11) is -4.13. The van der Waals surface area contributed by atoms with E-state index in [4.69, 9.17) is 4.55 Å². The normalized spacial score (nSPS) is 11.9. The van der Waals surface area contributed by atoms with E-state index in [-0.39, 0.29) is 4.90 Å². The number of benzene rings is 2. The average Bonchev–Trinajstić information content (AvgIpc) is 2.15. The molecule has 0 aliphatic heterocycles. The van der Waals surface area contributed by atoms with Crippen molar-refractivity contribution in [3.8, 4) is 0 Å². The quantitative estimate of drug-likeness (QED) is 0.774. The van der Waals surface area contributed by atoms with Crippen LogP contribution in [0.3, 0.4) is 0 Å². The van der Waals surface area contributed by atoms with Crippen LogP contribution >= 0.6 is 0 Å². The molecule has 0 spiro atoms. The Bertz CT molecular complexity index is 657. The maximum Gasteiger partial charge on any atom is 0.294 e. The first-order valence-corrected chi connectivity index (χ1v) is 6.30. The van der Waals surface area contributed by atoms with Crippen LogP contribution in [0.25, 0.3) is 10.8 Å². The van der Waals surface area contributed by atoms with Crippen molar-refractivity contribution >= 4 is 20.9 Å². The van der Waals surface area contributed by atoms with E-state index in [0.29, 0.717) is 0 Å². The van der Waals surface area contributed by atoms with Gasteiger partial charge in [-0.25, -0.2) is 0 Å². The fourth-order valence-electron chi connectivity index (χ4n) is 1.80. The van der Waals surface area contributed by atoms with Crippen LogP contribution in [-0.4, -0.2) is 13.0 Å². The molecule has 0 saturated carbocycles. The molecular formula is C12H12O3S. The van der Waals surface area contributed by atoms with Crippen molar-refractivity contribution in [2.24, 2.45) is 0 Å². The number of hydrogen-bond acceptors (Lipinski definition) is 2. The fraction of sp³-hybridized carbons (Fsp3) is 0.167. The Labute approximate surface area is 94.5 Å². The summed E-state index contributed by atoms with van der Waals surface area (Å²) in [5.41, 5.74) is 1.89. The second-order valence-electron chi connectivity index (χ2n) is 3.94. The molecule has 0 fully saturated rings. The molecule has 0 unspecified atom stereocenters. The Kier molecular flexibility index (Phi) is 2.48. The van der Waals surface area contributed by atoms with Gasteiger partial charge in [-0.15, -0.1) is 0 Å². The summed E-state index contributed by atoms with van der Waals surface area (Å²) < 4.78 is 31.2. The van der Waals surface area contributed by atoms with Gasteiger partial charge in [0.1, 0.15) is 0 Å². The van der Waals surface area contributed by atoms with Crippen LogP contribution in [-0.2, 0) is 10.1 Å². The average molecular weight is 236 g/mol. The summed E-state index contributed by atoms with van der Waals surface area (Å²) in [6.07, 6.45) is 0. The molecular weight excluding hydrogens is 224 g/mol. The van der Waals surface area contributed by atoms with Crippen molar-refractivity contribution in [3.05, 3.63) is 41.5 Å². The Morgan fingerprint density at radius 2 is 1.75 bits per heavy atom. The molecule has 2 rings (SSSR count). The van der Waals surface area contributed by atoms with E-state index >= 15 is 0 Å². The summed E-state index contributed by atoms with van der Waals surface area (Å²) in [5.74, 6) is 0. The standard InChI is InChI=1S/C12H12O3S/c1-8-3-4-12-9(2)6-11(16(13,14)15)7-10(12)5-8/h3-7H,1-2H3,(H,13,14,15). The van der Waals surface area contributed by atoms with Crippen LogP contribution < -0.4 is 0 Å². The fourth-order valence-corrected chi connectivity index (χ4v) is 2.40. The Hall–Kier alpha value is -1.39. The smallest absolute Gasteiger partial charge is 0.282 e. The van der Waals surface area contributed by atoms with Crippen molar-refractivity contribution in [1.29, 1.82) is 0 Å². The second kappa shape index (κ2) is 3.57. The molecule has 0 atom stereocenters. The highest BCUT2D eigenvalue weighted by atomic mass is 32.2. The van der Waals surface area contributed by atoms with Crippen molar-refractivity contribution in [1.82, 2.24) is 0 Å². The molecule has 84 valence electrons. The lowest BCUT2D eigenvalue weighted by Crippen LogP contribution is -1.98. The van der Waals surface area contributed by atoms with Crippen molar-refractivity contribution in [2.45, 2.75) is 18.7 Å². The minimum Gasteiger partial charge on any atom is -0.282 e. The van der Waals surface area contributed by atoms with E-state index < -0.39 is 10.1 Å². The van der Waals surface area contributed by atoms with Crippen LogP contribution in [0.2, 0.25) is 0 Å². The second-order valence-corrected chi connectivity index (χ2v) is 5.36. The maximum atomic E-state index is 11.1. The topological polar surface area (TPSA) is 54.4 Å². The summed E-state index contributed by atoms with van der Waals surface area (Å²) >= 11 is 0. The summed E-state index contributed by atoms with van der Waals surface area (Å²) in [5, 5.41) is 1.82. The molecule has 0 radical (unpaired) electrons. The molecule has 16 heavy (non-hydrogen) atoms. The molecule has 0 bridgehead atoms. The molecule has 4 heteroatoms. The summed E-state index contributed by atoms with van der Waals surface area (Å²) in [6.45, 7) is 3.77. The molecule has 0 heterocycles. The van der Waals surface area contributed by atoms with Gasteiger partial charge in [0.2, 0.25) is 0 Å². The number of aryl methyl sites for hydroxylation is 2. The molecule has 2 aromatic rings. The predicted octanol–water partition coefficient (Wildman–Crippen LogP) is 2.70. The van der Waals surface area contributed by atoms with Crippen LogP contribution in [0, 0.1) is 13.8 Å². The minimum atomic E-state index is -4.13. The lowest BCUT2D eigenvalue weighted by molar-refractivity contribution is 0.483. The van der Waals surface area contributed by atoms with E-state index in [1.54, 1.807) is 0 Å². The van der Waals surface area contributed by atoms with Crippen LogP contribution in [0.15, 0.2) is 35.2 Å². The molecule has 0 saturated heterocycles. The molecule has 1 N–H and O–H groups in total. The van der Waals surface area contributed by atoms with Gasteiger partial charge in [0.05, 0.1) is 4.90 Å². The third-order valence-electron chi connectivity index (χ3n) is 2.59. The van der Waals surface area contributed by atoms with Gasteiger partial charge < -0.3 is 0 Å². The highest BCUT2D eigenvalue weighted by Crippen LogP contribution is 2.24. The van der Waals surface area contributed by atoms with Crippen LogP contribution in [0.1, 0.15) is 11.1 Å². The van der Waals surface area contributed by atoms with E-state index in [1.807, 2.05) is 32.0 Å². The lowest BCUT2D eigenvalue weighted by Gasteiger charge is -2.06. The predicted molar refractivity (Wildman–Crippen MR) is 63.2 cm³/mol. The number of rotatable bonds is 1. The van der Waals surface area contributed by atoms with Gasteiger partial charge in [0.25, 0.3) is 10.1 Å². The van der Waals surface area contributed by atoms with Gasteiger partial charge in [-0.3, -0.25) is 4.55 Å². The van der Waals surface area contributed by atoms with Crippen molar-refractivity contribution in [3.63, 3.8) is 0 Å². The zero-order valence-corrected chi connectivity index (χ0v) is 9.88. The monoisotopic (exact) mass is 236 g/mol.